The van der Waals surface area contributed by atoms with Crippen molar-refractivity contribution >= 4 is 17.2 Å². The third-order valence-electron chi connectivity index (χ3n) is 2.53. The fourth-order valence-corrected chi connectivity index (χ4v) is 2.03. The van der Waals surface area contributed by atoms with Crippen molar-refractivity contribution in [3.8, 4) is 11.3 Å². The van der Waals surface area contributed by atoms with Gasteiger partial charge in [0.15, 0.2) is 5.51 Å². The summed E-state index contributed by atoms with van der Waals surface area (Å²) in [5.41, 5.74) is 4.61. The van der Waals surface area contributed by atoms with E-state index in [0.29, 0.717) is 5.56 Å². The Morgan fingerprint density at radius 3 is 2.55 bits per heavy atom. The molecule has 0 atom stereocenters. The number of hydrogen-bond donors (Lipinski definition) is 1. The van der Waals surface area contributed by atoms with Crippen LogP contribution >= 0.6 is 11.3 Å². The van der Waals surface area contributed by atoms with Gasteiger partial charge in [0.05, 0.1) is 12.1 Å². The first-order valence-electron chi connectivity index (χ1n) is 5.73. The molecule has 2 rings (SSSR count). The van der Waals surface area contributed by atoms with Gasteiger partial charge in [0, 0.05) is 23.1 Å². The van der Waals surface area contributed by atoms with Gasteiger partial charge in [0.25, 0.3) is 5.91 Å². The molecular formula is C13H10F3N2OS. The molecule has 0 bridgehead atoms. The molecule has 0 unspecified atom stereocenters. The summed E-state index contributed by atoms with van der Waals surface area (Å²) < 4.78 is 35.9. The number of amides is 1. The molecule has 1 heterocycles. The minimum absolute atomic E-state index is 0.315. The Morgan fingerprint density at radius 1 is 1.30 bits per heavy atom. The average molecular weight is 299 g/mol. The van der Waals surface area contributed by atoms with Crippen molar-refractivity contribution in [2.75, 3.05) is 6.54 Å². The average Bonchev–Trinajstić information content (AvgIpc) is 2.91. The van der Waals surface area contributed by atoms with Crippen LogP contribution in [0.25, 0.3) is 11.3 Å². The van der Waals surface area contributed by atoms with Crippen LogP contribution in [-0.2, 0) is 0 Å². The summed E-state index contributed by atoms with van der Waals surface area (Å²) >= 11 is 1.34. The third-order valence-corrected chi connectivity index (χ3v) is 3.06. The monoisotopic (exact) mass is 299 g/mol. The van der Waals surface area contributed by atoms with Gasteiger partial charge >= 0.3 is 6.18 Å². The Kier molecular flexibility index (Phi) is 4.39. The number of hydrogen-bond acceptors (Lipinski definition) is 3. The molecule has 0 saturated carbocycles. The van der Waals surface area contributed by atoms with Gasteiger partial charge < -0.3 is 5.32 Å². The minimum atomic E-state index is -4.27. The highest BCUT2D eigenvalue weighted by atomic mass is 32.1. The number of carbonyl (C=O) groups excluding carboxylic acids is 1. The molecule has 0 aliphatic carbocycles. The molecule has 1 aromatic heterocycles. The Balaban J connectivity index is 1.94. The van der Waals surface area contributed by atoms with E-state index in [4.69, 9.17) is 0 Å². The summed E-state index contributed by atoms with van der Waals surface area (Å²) in [6.07, 6.45) is -5.30. The van der Waals surface area contributed by atoms with Crippen LogP contribution in [0.2, 0.25) is 0 Å². The quantitative estimate of drug-likeness (QED) is 0.941. The number of aromatic nitrogens is 1. The molecule has 0 saturated heterocycles. The van der Waals surface area contributed by atoms with Crippen molar-refractivity contribution in [1.82, 2.24) is 10.3 Å². The lowest BCUT2D eigenvalue weighted by Gasteiger charge is -2.08. The largest absolute Gasteiger partial charge is 0.390 e. The summed E-state index contributed by atoms with van der Waals surface area (Å²) in [5.74, 6) is -0.523. The van der Waals surface area contributed by atoms with Crippen LogP contribution in [0.5, 0.6) is 0 Å². The number of halogens is 3. The van der Waals surface area contributed by atoms with E-state index in [1.54, 1.807) is 24.3 Å². The smallest absolute Gasteiger partial charge is 0.352 e. The second-order valence-electron chi connectivity index (χ2n) is 4.02. The summed E-state index contributed by atoms with van der Waals surface area (Å²) in [5, 5.41) is 4.05. The van der Waals surface area contributed by atoms with E-state index in [2.05, 4.69) is 15.8 Å². The standard InChI is InChI=1S/C13H10F3N2OS/c14-13(15,16)5-6-17-12(19)10-3-1-9(2-4-10)11-7-20-8-18-11/h1-4,7H,5-6H2,(H,17,19). The van der Waals surface area contributed by atoms with E-state index in [1.165, 1.54) is 11.3 Å². The van der Waals surface area contributed by atoms with Gasteiger partial charge in [-0.2, -0.15) is 13.2 Å². The first kappa shape index (κ1) is 14.5. The summed E-state index contributed by atoms with van der Waals surface area (Å²) in [6.45, 7) is -0.425. The van der Waals surface area contributed by atoms with Gasteiger partial charge in [-0.15, -0.1) is 11.3 Å². The van der Waals surface area contributed by atoms with E-state index in [1.807, 2.05) is 5.38 Å². The molecule has 0 aliphatic rings. The number of carbonyl (C=O) groups is 1. The Hall–Kier alpha value is -1.89. The number of nitrogens with one attached hydrogen (secondary N) is 1. The Bertz CT molecular complexity index is 564. The lowest BCUT2D eigenvalue weighted by atomic mass is 10.1. The van der Waals surface area contributed by atoms with E-state index in [9.17, 15) is 18.0 Å². The van der Waals surface area contributed by atoms with E-state index < -0.39 is 25.0 Å². The van der Waals surface area contributed by atoms with Crippen LogP contribution in [0.1, 0.15) is 16.8 Å². The first-order valence-corrected chi connectivity index (χ1v) is 6.60. The van der Waals surface area contributed by atoms with Crippen LogP contribution in [0.15, 0.2) is 29.6 Å². The first-order chi connectivity index (χ1) is 9.46. The molecule has 3 nitrogen and oxygen atoms in total. The van der Waals surface area contributed by atoms with Crippen molar-refractivity contribution in [3.05, 3.63) is 40.7 Å². The molecule has 20 heavy (non-hydrogen) atoms. The normalized spacial score (nSPS) is 11.3. The SMILES string of the molecule is O=C(NCCC(F)(F)F)c1ccc(-c2cs[c]n2)cc1. The summed E-state index contributed by atoms with van der Waals surface area (Å²) in [6, 6.07) is 6.50. The zero-order valence-corrected chi connectivity index (χ0v) is 11.0. The number of rotatable bonds is 4. The molecule has 1 radical (unpaired) electrons. The maximum atomic E-state index is 12.0. The highest BCUT2D eigenvalue weighted by Crippen LogP contribution is 2.20. The summed E-state index contributed by atoms with van der Waals surface area (Å²) in [7, 11) is 0. The second-order valence-corrected chi connectivity index (χ2v) is 4.68. The van der Waals surface area contributed by atoms with Gasteiger partial charge in [-0.25, -0.2) is 4.98 Å². The predicted molar refractivity (Wildman–Crippen MR) is 69.4 cm³/mol. The van der Waals surface area contributed by atoms with Crippen LogP contribution in [0.3, 0.4) is 0 Å². The van der Waals surface area contributed by atoms with Gasteiger partial charge in [-0.1, -0.05) is 12.1 Å². The highest BCUT2D eigenvalue weighted by Gasteiger charge is 2.26. The molecule has 0 aliphatic heterocycles. The molecule has 7 heteroatoms. The molecule has 1 N–H and O–H groups in total. The van der Waals surface area contributed by atoms with E-state index >= 15 is 0 Å². The number of alkyl halides is 3. The number of nitrogens with zero attached hydrogens (tertiary/aromatic N) is 1. The molecule has 105 valence electrons. The van der Waals surface area contributed by atoms with Crippen LogP contribution in [-0.4, -0.2) is 23.6 Å². The number of benzene rings is 1. The van der Waals surface area contributed by atoms with Gasteiger partial charge in [-0.05, 0) is 12.1 Å². The van der Waals surface area contributed by atoms with Crippen LogP contribution in [0.4, 0.5) is 13.2 Å². The van der Waals surface area contributed by atoms with E-state index in [0.717, 1.165) is 11.3 Å². The Labute approximate surface area is 117 Å². The maximum absolute atomic E-state index is 12.0. The van der Waals surface area contributed by atoms with Crippen molar-refractivity contribution in [1.29, 1.82) is 0 Å². The highest BCUT2D eigenvalue weighted by molar-refractivity contribution is 7.07. The minimum Gasteiger partial charge on any atom is -0.352 e. The van der Waals surface area contributed by atoms with Crippen molar-refractivity contribution in [2.24, 2.45) is 0 Å². The Morgan fingerprint density at radius 2 is 2.00 bits per heavy atom. The lowest BCUT2D eigenvalue weighted by molar-refractivity contribution is -0.132. The molecule has 0 fully saturated rings. The fourth-order valence-electron chi connectivity index (χ4n) is 1.53. The molecular weight excluding hydrogens is 289 g/mol. The van der Waals surface area contributed by atoms with Crippen LogP contribution in [0, 0.1) is 5.51 Å². The molecule has 0 spiro atoms. The number of thiazole rings is 1. The molecule has 2 aromatic rings. The van der Waals surface area contributed by atoms with Crippen LogP contribution < -0.4 is 5.32 Å². The maximum Gasteiger partial charge on any atom is 0.390 e. The van der Waals surface area contributed by atoms with Gasteiger partial charge in [0.2, 0.25) is 0 Å². The van der Waals surface area contributed by atoms with Gasteiger partial charge in [-0.3, -0.25) is 4.79 Å². The molecule has 1 amide bonds. The lowest BCUT2D eigenvalue weighted by Crippen LogP contribution is -2.27. The van der Waals surface area contributed by atoms with Crippen molar-refractivity contribution < 1.29 is 18.0 Å². The van der Waals surface area contributed by atoms with Gasteiger partial charge in [0.1, 0.15) is 0 Å². The fraction of sp³-hybridized carbons (Fsp3) is 0.231. The topological polar surface area (TPSA) is 42.0 Å². The summed E-state index contributed by atoms with van der Waals surface area (Å²) in [4.78, 5) is 15.6. The second kappa shape index (κ2) is 6.04. The van der Waals surface area contributed by atoms with Crippen molar-refractivity contribution in [3.63, 3.8) is 0 Å². The predicted octanol–water partition coefficient (Wildman–Crippen LogP) is 3.29. The van der Waals surface area contributed by atoms with E-state index in [-0.39, 0.29) is 0 Å². The third kappa shape index (κ3) is 4.06. The zero-order valence-electron chi connectivity index (χ0n) is 10.2. The zero-order chi connectivity index (χ0) is 14.6. The van der Waals surface area contributed by atoms with Crippen molar-refractivity contribution in [2.45, 2.75) is 12.6 Å². The molecule has 1 aromatic carbocycles.